The molecule has 3 nitrogen and oxygen atoms in total. The van der Waals surface area contributed by atoms with Gasteiger partial charge in [-0.05, 0) is 43.9 Å². The van der Waals surface area contributed by atoms with Gasteiger partial charge in [-0.25, -0.2) is 4.79 Å². The Morgan fingerprint density at radius 1 is 1.47 bits per heavy atom. The first kappa shape index (κ1) is 12.2. The van der Waals surface area contributed by atoms with Crippen molar-refractivity contribution >= 4 is 23.5 Å². The molecule has 0 saturated heterocycles. The van der Waals surface area contributed by atoms with Crippen LogP contribution < -0.4 is 0 Å². The zero-order valence-corrected chi connectivity index (χ0v) is 11.4. The van der Waals surface area contributed by atoms with E-state index in [0.29, 0.717) is 0 Å². The summed E-state index contributed by atoms with van der Waals surface area (Å²) >= 11 is 1.70. The second-order valence-electron chi connectivity index (χ2n) is 5.16. The van der Waals surface area contributed by atoms with Crippen LogP contribution >= 0.6 is 11.3 Å². The van der Waals surface area contributed by atoms with E-state index in [1.807, 2.05) is 20.8 Å². The van der Waals surface area contributed by atoms with E-state index in [2.05, 4.69) is 17.5 Å². The molecule has 4 heteroatoms. The summed E-state index contributed by atoms with van der Waals surface area (Å²) in [7, 11) is 1.76. The third kappa shape index (κ3) is 2.69. The monoisotopic (exact) mass is 251 g/mol. The lowest BCUT2D eigenvalue weighted by molar-refractivity contribution is 0.0352. The van der Waals surface area contributed by atoms with E-state index >= 15 is 0 Å². The Morgan fingerprint density at radius 2 is 2.18 bits per heavy atom. The number of allylic oxidation sites excluding steroid dienone is 1. The number of likely N-dealkylation sites (N-methyl/N-ethyl adjacent to an activating group) is 1. The van der Waals surface area contributed by atoms with Crippen molar-refractivity contribution in [2.75, 3.05) is 7.05 Å². The summed E-state index contributed by atoms with van der Waals surface area (Å²) in [5.41, 5.74) is 1.84. The van der Waals surface area contributed by atoms with Crippen molar-refractivity contribution < 1.29 is 9.53 Å². The Balaban J connectivity index is 2.05. The maximum Gasteiger partial charge on any atom is 0.414 e. The molecule has 92 valence electrons. The number of rotatable bonds is 1. The maximum atomic E-state index is 11.9. The molecule has 1 aliphatic carbocycles. The first-order chi connectivity index (χ1) is 7.87. The highest BCUT2D eigenvalue weighted by molar-refractivity contribution is 7.11. The van der Waals surface area contributed by atoms with Crippen LogP contribution in [0, 0.1) is 0 Å². The normalized spacial score (nSPS) is 14.2. The van der Waals surface area contributed by atoms with Gasteiger partial charge in [-0.1, -0.05) is 0 Å². The number of fused-ring (bicyclic) bond motifs is 1. The summed E-state index contributed by atoms with van der Waals surface area (Å²) in [5, 5.41) is 2.07. The maximum absolute atomic E-state index is 11.9. The largest absolute Gasteiger partial charge is 0.443 e. The molecule has 1 amide bonds. The third-order valence-corrected chi connectivity index (χ3v) is 3.45. The lowest BCUT2D eigenvalue weighted by Gasteiger charge is -2.25. The lowest BCUT2D eigenvalue weighted by Crippen LogP contribution is -2.33. The minimum Gasteiger partial charge on any atom is -0.443 e. The van der Waals surface area contributed by atoms with Crippen LogP contribution in [0.2, 0.25) is 0 Å². The van der Waals surface area contributed by atoms with E-state index in [0.717, 1.165) is 12.1 Å². The van der Waals surface area contributed by atoms with E-state index in [-0.39, 0.29) is 6.09 Å². The van der Waals surface area contributed by atoms with Crippen LogP contribution in [-0.2, 0) is 11.2 Å². The number of amides is 1. The van der Waals surface area contributed by atoms with Crippen LogP contribution in [0.4, 0.5) is 4.79 Å². The molecule has 0 spiro atoms. The molecule has 0 aliphatic heterocycles. The molecule has 2 rings (SSSR count). The molecule has 0 N–H and O–H groups in total. The van der Waals surface area contributed by atoms with Gasteiger partial charge in [0.25, 0.3) is 0 Å². The topological polar surface area (TPSA) is 29.5 Å². The third-order valence-electron chi connectivity index (χ3n) is 2.55. The predicted octanol–water partition coefficient (Wildman–Crippen LogP) is 3.51. The summed E-state index contributed by atoms with van der Waals surface area (Å²) in [6, 6.07) is 2.10. The number of thiophene rings is 1. The fraction of sp³-hybridized carbons (Fsp3) is 0.462. The second kappa shape index (κ2) is 4.18. The molecule has 1 aromatic rings. The van der Waals surface area contributed by atoms with Gasteiger partial charge >= 0.3 is 6.09 Å². The summed E-state index contributed by atoms with van der Waals surface area (Å²) in [5.74, 6) is 0. The van der Waals surface area contributed by atoms with Gasteiger partial charge in [0, 0.05) is 24.0 Å². The first-order valence-electron chi connectivity index (χ1n) is 5.60. The molecule has 17 heavy (non-hydrogen) atoms. The van der Waals surface area contributed by atoms with Gasteiger partial charge in [0.2, 0.25) is 0 Å². The Bertz CT molecular complexity index is 468. The Kier molecular flexibility index (Phi) is 3.00. The van der Waals surface area contributed by atoms with Crippen LogP contribution in [0.3, 0.4) is 0 Å². The van der Waals surface area contributed by atoms with Crippen LogP contribution in [-0.4, -0.2) is 23.6 Å². The fourth-order valence-corrected chi connectivity index (χ4v) is 2.56. The smallest absolute Gasteiger partial charge is 0.414 e. The number of carbonyl (C=O) groups is 1. The average molecular weight is 251 g/mol. The first-order valence-corrected chi connectivity index (χ1v) is 6.48. The minimum atomic E-state index is -0.449. The van der Waals surface area contributed by atoms with Gasteiger partial charge in [0.15, 0.2) is 0 Å². The van der Waals surface area contributed by atoms with Gasteiger partial charge in [-0.3, -0.25) is 4.90 Å². The highest BCUT2D eigenvalue weighted by Gasteiger charge is 2.24. The second-order valence-corrected chi connectivity index (χ2v) is 6.11. The van der Waals surface area contributed by atoms with E-state index in [9.17, 15) is 4.79 Å². The molecule has 1 aliphatic rings. The van der Waals surface area contributed by atoms with Crippen molar-refractivity contribution in [3.05, 3.63) is 27.6 Å². The Morgan fingerprint density at radius 3 is 2.76 bits per heavy atom. The summed E-state index contributed by atoms with van der Waals surface area (Å²) in [6.45, 7) is 5.62. The van der Waals surface area contributed by atoms with Gasteiger partial charge in [0.1, 0.15) is 5.60 Å². The number of carbonyl (C=O) groups excluding carboxylic acids is 1. The molecule has 0 unspecified atom stereocenters. The highest BCUT2D eigenvalue weighted by atomic mass is 32.1. The van der Waals surface area contributed by atoms with Gasteiger partial charge < -0.3 is 4.74 Å². The van der Waals surface area contributed by atoms with Gasteiger partial charge in [0.05, 0.1) is 0 Å². The van der Waals surface area contributed by atoms with Crippen LogP contribution in [0.1, 0.15) is 31.2 Å². The summed E-state index contributed by atoms with van der Waals surface area (Å²) in [6.07, 6.45) is 2.58. The zero-order valence-electron chi connectivity index (χ0n) is 10.6. The van der Waals surface area contributed by atoms with Crippen molar-refractivity contribution in [3.8, 4) is 0 Å². The van der Waals surface area contributed by atoms with Crippen molar-refractivity contribution in [1.29, 1.82) is 0 Å². The molecular weight excluding hydrogens is 234 g/mol. The molecule has 1 aromatic heterocycles. The van der Waals surface area contributed by atoms with Crippen LogP contribution in [0.15, 0.2) is 17.1 Å². The molecule has 1 heterocycles. The summed E-state index contributed by atoms with van der Waals surface area (Å²) < 4.78 is 5.34. The Hall–Kier alpha value is -1.29. The molecule has 0 fully saturated rings. The predicted molar refractivity (Wildman–Crippen MR) is 70.0 cm³/mol. The van der Waals surface area contributed by atoms with E-state index in [1.54, 1.807) is 23.3 Å². The van der Waals surface area contributed by atoms with E-state index in [4.69, 9.17) is 4.74 Å². The fourth-order valence-electron chi connectivity index (χ4n) is 1.68. The Labute approximate surface area is 106 Å². The van der Waals surface area contributed by atoms with Crippen LogP contribution in [0.25, 0.3) is 6.08 Å². The quantitative estimate of drug-likeness (QED) is 0.764. The standard InChI is InChI=1S/C13H17NO2S/c1-13(2,3)16-12(15)14(4)10-7-9-5-6-17-11(9)8-10/h5-6,8H,7H2,1-4H3. The number of hydrogen-bond donors (Lipinski definition) is 0. The molecule has 0 atom stereocenters. The van der Waals surface area contributed by atoms with Crippen molar-refractivity contribution in [2.45, 2.75) is 32.8 Å². The molecule has 0 radical (unpaired) electrons. The van der Waals surface area contributed by atoms with Gasteiger partial charge in [-0.15, -0.1) is 11.3 Å². The van der Waals surface area contributed by atoms with Crippen LogP contribution in [0.5, 0.6) is 0 Å². The number of ether oxygens (including phenoxy) is 1. The van der Waals surface area contributed by atoms with Crippen molar-refractivity contribution in [1.82, 2.24) is 4.90 Å². The average Bonchev–Trinajstić information content (AvgIpc) is 2.72. The van der Waals surface area contributed by atoms with Crippen molar-refractivity contribution in [3.63, 3.8) is 0 Å². The van der Waals surface area contributed by atoms with E-state index in [1.165, 1.54) is 10.4 Å². The number of nitrogens with zero attached hydrogens (tertiary/aromatic N) is 1. The van der Waals surface area contributed by atoms with E-state index < -0.39 is 5.60 Å². The zero-order chi connectivity index (χ0) is 12.6. The molecule has 0 bridgehead atoms. The molecule has 0 saturated carbocycles. The highest BCUT2D eigenvalue weighted by Crippen LogP contribution is 2.31. The SMILES string of the molecule is CN(C(=O)OC(C)(C)C)C1=Cc2sccc2C1. The summed E-state index contributed by atoms with van der Waals surface area (Å²) in [4.78, 5) is 14.7. The molecule has 0 aromatic carbocycles. The molecular formula is C13H17NO2S. The van der Waals surface area contributed by atoms with Gasteiger partial charge in [-0.2, -0.15) is 0 Å². The number of hydrogen-bond acceptors (Lipinski definition) is 3. The minimum absolute atomic E-state index is 0.293. The lowest BCUT2D eigenvalue weighted by atomic mass is 10.2. The van der Waals surface area contributed by atoms with Crippen molar-refractivity contribution in [2.24, 2.45) is 0 Å².